The third-order valence-electron chi connectivity index (χ3n) is 8.58. The highest BCUT2D eigenvalue weighted by atomic mass is 15.0. The van der Waals surface area contributed by atoms with Crippen LogP contribution in [0.15, 0.2) is 109 Å². The molecule has 0 amide bonds. The molecular formula is C35H30N4+2. The van der Waals surface area contributed by atoms with Crippen molar-refractivity contribution >= 4 is 22.1 Å². The van der Waals surface area contributed by atoms with Crippen molar-refractivity contribution in [2.75, 3.05) is 0 Å². The van der Waals surface area contributed by atoms with Crippen LogP contribution in [0.2, 0.25) is 0 Å². The minimum absolute atomic E-state index is 0.445. The fraction of sp³-hybridized carbons (Fsp3) is 0.200. The summed E-state index contributed by atoms with van der Waals surface area (Å²) < 4.78 is 4.60. The lowest BCUT2D eigenvalue weighted by Gasteiger charge is -2.32. The van der Waals surface area contributed by atoms with Crippen LogP contribution in [0.3, 0.4) is 0 Å². The van der Waals surface area contributed by atoms with Gasteiger partial charge in [0.2, 0.25) is 0 Å². The van der Waals surface area contributed by atoms with Crippen LogP contribution in [0, 0.1) is 0 Å². The Balaban J connectivity index is 1.18. The number of nitrogens with zero attached hydrogens (tertiary/aromatic N) is 4. The van der Waals surface area contributed by atoms with Gasteiger partial charge in [0.15, 0.2) is 11.4 Å². The van der Waals surface area contributed by atoms with E-state index in [0.29, 0.717) is 11.8 Å². The zero-order valence-electron chi connectivity index (χ0n) is 21.9. The van der Waals surface area contributed by atoms with Crippen molar-refractivity contribution in [3.05, 3.63) is 143 Å². The lowest BCUT2D eigenvalue weighted by Crippen LogP contribution is -2.37. The highest BCUT2D eigenvalue weighted by Crippen LogP contribution is 2.46. The van der Waals surface area contributed by atoms with Crippen LogP contribution >= 0.6 is 0 Å². The SMILES string of the molecule is c1ccc(C[n+]2cccc3cc4c(nc32)[C@H]2Cc3cc5ccc[n+](Cc6ccccc6)c5nc3[C@@H](C4)C2)cc1. The summed E-state index contributed by atoms with van der Waals surface area (Å²) in [5.74, 6) is 0.890. The summed E-state index contributed by atoms with van der Waals surface area (Å²) in [6, 6.07) is 34.9. The largest absolute Gasteiger partial charge is 0.330 e. The van der Waals surface area contributed by atoms with Crippen LogP contribution in [-0.2, 0) is 25.9 Å². The molecule has 0 fully saturated rings. The smallest absolute Gasteiger partial charge is 0.226 e. The van der Waals surface area contributed by atoms with E-state index in [9.17, 15) is 0 Å². The first kappa shape index (κ1) is 22.5. The minimum Gasteiger partial charge on any atom is -0.226 e. The Kier molecular flexibility index (Phi) is 5.25. The topological polar surface area (TPSA) is 33.5 Å². The predicted molar refractivity (Wildman–Crippen MR) is 152 cm³/mol. The van der Waals surface area contributed by atoms with Crippen molar-refractivity contribution in [2.45, 2.75) is 44.2 Å². The maximum absolute atomic E-state index is 5.37. The lowest BCUT2D eigenvalue weighted by atomic mass is 9.70. The van der Waals surface area contributed by atoms with E-state index in [0.717, 1.165) is 43.6 Å². The van der Waals surface area contributed by atoms with Crippen LogP contribution in [-0.4, -0.2) is 9.97 Å². The first-order chi connectivity index (χ1) is 19.3. The van der Waals surface area contributed by atoms with Gasteiger partial charge in [0.05, 0.1) is 23.2 Å². The Morgan fingerprint density at radius 3 is 1.49 bits per heavy atom. The fourth-order valence-corrected chi connectivity index (χ4v) is 6.81. The van der Waals surface area contributed by atoms with Crippen molar-refractivity contribution in [1.82, 2.24) is 9.97 Å². The molecule has 0 aliphatic heterocycles. The van der Waals surface area contributed by atoms with Crippen LogP contribution in [0.5, 0.6) is 0 Å². The number of hydrogen-bond donors (Lipinski definition) is 0. The van der Waals surface area contributed by atoms with Gasteiger partial charge in [-0.2, -0.15) is 0 Å². The molecule has 4 heterocycles. The molecule has 2 bridgehead atoms. The normalized spacial score (nSPS) is 17.6. The monoisotopic (exact) mass is 506 g/mol. The van der Waals surface area contributed by atoms with E-state index in [1.165, 1.54) is 44.4 Å². The molecule has 0 saturated carbocycles. The van der Waals surface area contributed by atoms with Gasteiger partial charge in [-0.1, -0.05) is 60.7 Å². The highest BCUT2D eigenvalue weighted by molar-refractivity contribution is 5.75. The molecule has 6 aromatic rings. The zero-order chi connectivity index (χ0) is 25.8. The number of hydrogen-bond acceptors (Lipinski definition) is 2. The Morgan fingerprint density at radius 1 is 0.564 bits per heavy atom. The molecule has 2 aliphatic carbocycles. The average Bonchev–Trinajstić information content (AvgIpc) is 2.97. The van der Waals surface area contributed by atoms with Gasteiger partial charge in [-0.3, -0.25) is 0 Å². The van der Waals surface area contributed by atoms with Gasteiger partial charge in [-0.25, -0.2) is 9.13 Å². The van der Waals surface area contributed by atoms with E-state index < -0.39 is 0 Å². The van der Waals surface area contributed by atoms with Crippen molar-refractivity contribution in [3.8, 4) is 0 Å². The second-order valence-electron chi connectivity index (χ2n) is 11.2. The van der Waals surface area contributed by atoms with Crippen molar-refractivity contribution in [2.24, 2.45) is 0 Å². The molecule has 4 heteroatoms. The Morgan fingerprint density at radius 2 is 1.03 bits per heavy atom. The summed E-state index contributed by atoms with van der Waals surface area (Å²) >= 11 is 0. The summed E-state index contributed by atoms with van der Waals surface area (Å²) in [5, 5.41) is 2.44. The van der Waals surface area contributed by atoms with Gasteiger partial charge in [-0.05, 0) is 76.8 Å². The predicted octanol–water partition coefficient (Wildman–Crippen LogP) is 5.82. The molecular weight excluding hydrogens is 476 g/mol. The van der Waals surface area contributed by atoms with E-state index in [2.05, 4.69) is 119 Å². The molecule has 0 saturated heterocycles. The van der Waals surface area contributed by atoms with Crippen molar-refractivity contribution in [1.29, 1.82) is 0 Å². The Bertz CT molecular complexity index is 1710. The number of fused-ring (bicyclic) bond motifs is 8. The molecule has 39 heavy (non-hydrogen) atoms. The minimum atomic E-state index is 0.445. The Labute approximate surface area is 228 Å². The third-order valence-corrected chi connectivity index (χ3v) is 8.58. The van der Waals surface area contributed by atoms with Crippen LogP contribution < -0.4 is 9.13 Å². The van der Waals surface area contributed by atoms with E-state index >= 15 is 0 Å². The summed E-state index contributed by atoms with van der Waals surface area (Å²) in [5.41, 5.74) is 10.2. The molecule has 0 unspecified atom stereocenters. The van der Waals surface area contributed by atoms with E-state index in [1.54, 1.807) is 0 Å². The van der Waals surface area contributed by atoms with Gasteiger partial charge >= 0.3 is 11.3 Å². The molecule has 0 spiro atoms. The second-order valence-corrected chi connectivity index (χ2v) is 11.2. The standard InChI is InChI=1S/C35H30N4/c1-3-9-24(10-4-1)22-38-15-7-13-26-17-28-19-31-21-30(32(28)36-34(26)38)20-29-18-27-14-8-16-39(35(27)37-33(29)31)23-25-11-5-2-6-12-25/h1-18,30-31H,19-23H2/q+2/t30-,31-/m0/s1. The summed E-state index contributed by atoms with van der Waals surface area (Å²) in [7, 11) is 0. The van der Waals surface area contributed by atoms with E-state index in [-0.39, 0.29) is 0 Å². The van der Waals surface area contributed by atoms with E-state index in [4.69, 9.17) is 9.97 Å². The molecule has 4 nitrogen and oxygen atoms in total. The first-order valence-electron chi connectivity index (χ1n) is 14.0. The molecule has 4 aromatic heterocycles. The van der Waals surface area contributed by atoms with Crippen molar-refractivity contribution in [3.63, 3.8) is 0 Å². The van der Waals surface area contributed by atoms with Crippen LogP contribution in [0.4, 0.5) is 0 Å². The van der Waals surface area contributed by atoms with Gasteiger partial charge in [-0.15, -0.1) is 0 Å². The maximum atomic E-state index is 5.37. The molecule has 0 radical (unpaired) electrons. The molecule has 2 aliphatic rings. The van der Waals surface area contributed by atoms with E-state index in [1.807, 2.05) is 0 Å². The summed E-state index contributed by atoms with van der Waals surface area (Å²) in [6.45, 7) is 1.66. The highest BCUT2D eigenvalue weighted by Gasteiger charge is 2.41. The first-order valence-corrected chi connectivity index (χ1v) is 14.0. The number of benzene rings is 2. The fourth-order valence-electron chi connectivity index (χ4n) is 6.81. The van der Waals surface area contributed by atoms with Gasteiger partial charge in [0.1, 0.15) is 13.1 Å². The van der Waals surface area contributed by atoms with Gasteiger partial charge in [0.25, 0.3) is 0 Å². The summed E-state index contributed by atoms with van der Waals surface area (Å²) in [6.07, 6.45) is 7.49. The molecule has 8 rings (SSSR count). The molecule has 188 valence electrons. The van der Waals surface area contributed by atoms with Crippen LogP contribution in [0.25, 0.3) is 22.1 Å². The summed E-state index contributed by atoms with van der Waals surface area (Å²) in [4.78, 5) is 10.7. The average molecular weight is 507 g/mol. The zero-order valence-corrected chi connectivity index (χ0v) is 21.9. The number of aromatic nitrogens is 4. The Hall–Kier alpha value is -4.44. The van der Waals surface area contributed by atoms with Gasteiger partial charge < -0.3 is 0 Å². The number of rotatable bonds is 4. The molecule has 0 N–H and O–H groups in total. The third kappa shape index (κ3) is 3.99. The quantitative estimate of drug-likeness (QED) is 0.282. The number of pyridine rings is 4. The second kappa shape index (κ2) is 9.09. The molecule has 2 atom stereocenters. The van der Waals surface area contributed by atoms with Gasteiger partial charge in [0, 0.05) is 23.0 Å². The van der Waals surface area contributed by atoms with Crippen LogP contribution in [0.1, 0.15) is 51.9 Å². The maximum Gasteiger partial charge on any atom is 0.330 e. The lowest BCUT2D eigenvalue weighted by molar-refractivity contribution is -0.664. The molecule has 2 aromatic carbocycles. The van der Waals surface area contributed by atoms with Crippen molar-refractivity contribution < 1.29 is 9.13 Å².